The lowest BCUT2D eigenvalue weighted by molar-refractivity contribution is 0.383. The van der Waals surface area contributed by atoms with E-state index in [1.807, 2.05) is 13.8 Å². The molecule has 9 heteroatoms. The van der Waals surface area contributed by atoms with E-state index < -0.39 is 20.2 Å². The van der Waals surface area contributed by atoms with E-state index in [9.17, 15) is 16.8 Å². The molecule has 7 nitrogen and oxygen atoms in total. The van der Waals surface area contributed by atoms with E-state index in [1.165, 1.54) is 18.4 Å². The van der Waals surface area contributed by atoms with E-state index in [0.29, 0.717) is 12.5 Å². The van der Waals surface area contributed by atoms with Crippen molar-refractivity contribution >= 4 is 20.2 Å². The zero-order chi connectivity index (χ0) is 15.3. The molecule has 0 fully saturated rings. The summed E-state index contributed by atoms with van der Waals surface area (Å²) >= 11 is 0. The third-order valence-electron chi connectivity index (χ3n) is 2.55. The number of hydrogen-bond donors (Lipinski definition) is 1. The van der Waals surface area contributed by atoms with E-state index in [-0.39, 0.29) is 13.1 Å². The number of hydrogen-bond acceptors (Lipinski definition) is 4. The summed E-state index contributed by atoms with van der Waals surface area (Å²) in [5.41, 5.74) is 0. The van der Waals surface area contributed by atoms with Crippen molar-refractivity contribution in [2.75, 3.05) is 40.0 Å². The molecule has 0 aromatic heterocycles. The molecule has 1 N–H and O–H groups in total. The van der Waals surface area contributed by atoms with Gasteiger partial charge in [-0.25, -0.2) is 17.4 Å². The predicted octanol–water partition coefficient (Wildman–Crippen LogP) is -0.310. The minimum Gasteiger partial charge on any atom is -0.213 e. The topological polar surface area (TPSA) is 86.8 Å². The molecule has 0 aliphatic rings. The molecule has 0 spiro atoms. The van der Waals surface area contributed by atoms with Crippen molar-refractivity contribution in [1.82, 2.24) is 13.3 Å². The van der Waals surface area contributed by atoms with Gasteiger partial charge in [-0.1, -0.05) is 13.8 Å². The maximum absolute atomic E-state index is 11.6. The zero-order valence-electron chi connectivity index (χ0n) is 12.2. The Morgan fingerprint density at radius 1 is 1.05 bits per heavy atom. The van der Waals surface area contributed by atoms with E-state index in [0.717, 1.165) is 17.0 Å². The Hall–Kier alpha value is -0.220. The van der Waals surface area contributed by atoms with Crippen LogP contribution in [0.25, 0.3) is 0 Å². The second-order valence-electron chi connectivity index (χ2n) is 5.03. The van der Waals surface area contributed by atoms with Crippen LogP contribution in [0.5, 0.6) is 0 Å². The standard InChI is InChI=1S/C10H25N3O4S2/c1-10(2)6-8-13(18(5,14)15)9-7-11-19(16,17)12(3)4/h10-11H,6-9H2,1-5H3. The summed E-state index contributed by atoms with van der Waals surface area (Å²) in [7, 11) is -4.00. The van der Waals surface area contributed by atoms with E-state index in [1.54, 1.807) is 0 Å². The number of nitrogens with one attached hydrogen (secondary N) is 1. The molecule has 0 radical (unpaired) electrons. The van der Waals surface area contributed by atoms with Crippen LogP contribution >= 0.6 is 0 Å². The summed E-state index contributed by atoms with van der Waals surface area (Å²) in [5.74, 6) is 0.391. The average molecular weight is 315 g/mol. The first kappa shape index (κ1) is 18.8. The second kappa shape index (κ2) is 7.53. The molecule has 0 aliphatic carbocycles. The van der Waals surface area contributed by atoms with Gasteiger partial charge in [0.15, 0.2) is 0 Å². The summed E-state index contributed by atoms with van der Waals surface area (Å²) in [5, 5.41) is 0. The molecule has 0 unspecified atom stereocenters. The van der Waals surface area contributed by atoms with Gasteiger partial charge in [-0.2, -0.15) is 12.7 Å². The second-order valence-corrected chi connectivity index (χ2v) is 8.98. The van der Waals surface area contributed by atoms with Gasteiger partial charge < -0.3 is 0 Å². The van der Waals surface area contributed by atoms with Crippen LogP contribution < -0.4 is 4.72 Å². The summed E-state index contributed by atoms with van der Waals surface area (Å²) < 4.78 is 50.8. The van der Waals surface area contributed by atoms with Crippen molar-refractivity contribution in [3.63, 3.8) is 0 Å². The number of nitrogens with zero attached hydrogens (tertiary/aromatic N) is 2. The largest absolute Gasteiger partial charge is 0.278 e. The minimum atomic E-state index is -3.51. The summed E-state index contributed by atoms with van der Waals surface area (Å²) in [6, 6.07) is 0. The molecule has 0 saturated heterocycles. The monoisotopic (exact) mass is 315 g/mol. The van der Waals surface area contributed by atoms with Gasteiger partial charge in [0.1, 0.15) is 0 Å². The Balaban J connectivity index is 4.45. The molecule has 0 heterocycles. The molecule has 0 amide bonds. The van der Waals surface area contributed by atoms with Gasteiger partial charge in [-0.05, 0) is 12.3 Å². The molecule has 0 saturated carbocycles. The Bertz CT molecular complexity index is 457. The first-order valence-corrected chi connectivity index (χ1v) is 9.38. The third kappa shape index (κ3) is 7.83. The fourth-order valence-electron chi connectivity index (χ4n) is 1.27. The van der Waals surface area contributed by atoms with Gasteiger partial charge in [0, 0.05) is 33.7 Å². The Morgan fingerprint density at radius 3 is 1.95 bits per heavy atom. The van der Waals surface area contributed by atoms with Crippen molar-refractivity contribution in [2.45, 2.75) is 20.3 Å². The predicted molar refractivity (Wildman–Crippen MR) is 76.5 cm³/mol. The highest BCUT2D eigenvalue weighted by molar-refractivity contribution is 7.88. The lowest BCUT2D eigenvalue weighted by Gasteiger charge is -2.21. The van der Waals surface area contributed by atoms with Gasteiger partial charge in [0.05, 0.1) is 6.26 Å². The van der Waals surface area contributed by atoms with Gasteiger partial charge in [-0.15, -0.1) is 0 Å². The molecular formula is C10H25N3O4S2. The SMILES string of the molecule is CC(C)CCN(CCNS(=O)(=O)N(C)C)S(C)(=O)=O. The fraction of sp³-hybridized carbons (Fsp3) is 1.00. The Morgan fingerprint density at radius 2 is 1.58 bits per heavy atom. The van der Waals surface area contributed by atoms with E-state index in [4.69, 9.17) is 0 Å². The van der Waals surface area contributed by atoms with Crippen LogP contribution in [0.2, 0.25) is 0 Å². The van der Waals surface area contributed by atoms with Crippen LogP contribution in [0.3, 0.4) is 0 Å². The molecule has 19 heavy (non-hydrogen) atoms. The number of rotatable bonds is 9. The summed E-state index contributed by atoms with van der Waals surface area (Å²) in [6.07, 6.45) is 1.88. The highest BCUT2D eigenvalue weighted by Gasteiger charge is 2.18. The molecule has 0 aliphatic heterocycles. The Labute approximate surface area is 117 Å². The first-order chi connectivity index (χ1) is 8.47. The normalized spacial score (nSPS) is 13.7. The Kier molecular flexibility index (Phi) is 7.45. The summed E-state index contributed by atoms with van der Waals surface area (Å²) in [6.45, 7) is 4.62. The molecular weight excluding hydrogens is 290 g/mol. The fourth-order valence-corrected chi connectivity index (χ4v) is 2.74. The van der Waals surface area contributed by atoms with Crippen molar-refractivity contribution in [3.05, 3.63) is 0 Å². The van der Waals surface area contributed by atoms with Gasteiger partial charge >= 0.3 is 0 Å². The summed E-state index contributed by atoms with van der Waals surface area (Å²) in [4.78, 5) is 0. The molecule has 0 aromatic rings. The lowest BCUT2D eigenvalue weighted by atomic mass is 10.1. The average Bonchev–Trinajstić information content (AvgIpc) is 2.20. The van der Waals surface area contributed by atoms with Crippen molar-refractivity contribution in [1.29, 1.82) is 0 Å². The molecule has 0 atom stereocenters. The molecule has 0 aromatic carbocycles. The van der Waals surface area contributed by atoms with Gasteiger partial charge in [-0.3, -0.25) is 0 Å². The van der Waals surface area contributed by atoms with Gasteiger partial charge in [0.2, 0.25) is 10.0 Å². The van der Waals surface area contributed by atoms with Crippen LogP contribution in [0, 0.1) is 5.92 Å². The van der Waals surface area contributed by atoms with E-state index in [2.05, 4.69) is 4.72 Å². The molecule has 0 bridgehead atoms. The third-order valence-corrected chi connectivity index (χ3v) is 5.38. The van der Waals surface area contributed by atoms with Crippen LogP contribution in [-0.4, -0.2) is 65.4 Å². The maximum atomic E-state index is 11.6. The molecule has 116 valence electrons. The highest BCUT2D eigenvalue weighted by atomic mass is 32.2. The smallest absolute Gasteiger partial charge is 0.213 e. The quantitative estimate of drug-likeness (QED) is 0.632. The van der Waals surface area contributed by atoms with Crippen molar-refractivity contribution in [3.8, 4) is 0 Å². The molecule has 0 rings (SSSR count). The van der Waals surface area contributed by atoms with Crippen LogP contribution in [0.15, 0.2) is 0 Å². The number of sulfonamides is 1. The van der Waals surface area contributed by atoms with Crippen molar-refractivity contribution < 1.29 is 16.8 Å². The zero-order valence-corrected chi connectivity index (χ0v) is 13.9. The van der Waals surface area contributed by atoms with Crippen LogP contribution in [0.4, 0.5) is 0 Å². The lowest BCUT2D eigenvalue weighted by Crippen LogP contribution is -2.42. The minimum absolute atomic E-state index is 0.0612. The van der Waals surface area contributed by atoms with Gasteiger partial charge in [0.25, 0.3) is 10.2 Å². The highest BCUT2D eigenvalue weighted by Crippen LogP contribution is 2.05. The first-order valence-electron chi connectivity index (χ1n) is 6.09. The van der Waals surface area contributed by atoms with Crippen LogP contribution in [-0.2, 0) is 20.2 Å². The van der Waals surface area contributed by atoms with E-state index >= 15 is 0 Å². The van der Waals surface area contributed by atoms with Crippen molar-refractivity contribution in [2.24, 2.45) is 5.92 Å². The maximum Gasteiger partial charge on any atom is 0.278 e. The van der Waals surface area contributed by atoms with Crippen LogP contribution in [0.1, 0.15) is 20.3 Å².